The Morgan fingerprint density at radius 2 is 2.00 bits per heavy atom. The van der Waals surface area contributed by atoms with Gasteiger partial charge in [-0.05, 0) is 19.4 Å². The highest BCUT2D eigenvalue weighted by Crippen LogP contribution is 2.43. The molecule has 1 saturated heterocycles. The molecule has 152 valence electrons. The fourth-order valence-corrected chi connectivity index (χ4v) is 5.14. The number of benzene rings is 1. The van der Waals surface area contributed by atoms with Crippen LogP contribution in [0.15, 0.2) is 41.6 Å². The van der Waals surface area contributed by atoms with E-state index in [-0.39, 0.29) is 22.9 Å². The maximum Gasteiger partial charge on any atom is 0.490 e. The first-order chi connectivity index (χ1) is 13.8. The molecule has 0 aromatic heterocycles. The lowest BCUT2D eigenvalue weighted by Gasteiger charge is -2.48. The van der Waals surface area contributed by atoms with Crippen LogP contribution in [-0.2, 0) is 41.6 Å². The molecule has 0 spiro atoms. The zero-order chi connectivity index (χ0) is 21.3. The van der Waals surface area contributed by atoms with E-state index in [9.17, 15) is 24.5 Å². The maximum absolute atomic E-state index is 12.8. The summed E-state index contributed by atoms with van der Waals surface area (Å²) in [4.78, 5) is 40.9. The van der Waals surface area contributed by atoms with E-state index in [1.165, 1.54) is 20.8 Å². The fraction of sp³-hybridized carbons (Fsp3) is 0.368. The molecule has 0 N–H and O–H groups in total. The summed E-state index contributed by atoms with van der Waals surface area (Å²) >= 11 is -1.91. The van der Waals surface area contributed by atoms with Crippen LogP contribution in [0.1, 0.15) is 26.3 Å². The Kier molecular flexibility index (Phi) is 5.88. The SMILES string of the molecule is CC(=O)OC(C)[C@H]1C(=O)N2C(C(=O)OCc3ccccc3)=C(C)C(=[N+]=[N-])[S@+]([O-])[C@@H]12. The number of nitrogens with zero attached hydrogens (tertiary/aromatic N) is 3. The van der Waals surface area contributed by atoms with Crippen molar-refractivity contribution in [2.75, 3.05) is 0 Å². The molecule has 1 unspecified atom stereocenters. The highest BCUT2D eigenvalue weighted by atomic mass is 32.2. The minimum atomic E-state index is -1.91. The summed E-state index contributed by atoms with van der Waals surface area (Å²) in [5, 5.41) is -1.21. The van der Waals surface area contributed by atoms with Crippen LogP contribution in [0.5, 0.6) is 0 Å². The van der Waals surface area contributed by atoms with Crippen LogP contribution in [0, 0.1) is 5.92 Å². The maximum atomic E-state index is 12.8. The monoisotopic (exact) mass is 417 g/mol. The molecule has 9 nitrogen and oxygen atoms in total. The highest BCUT2D eigenvalue weighted by molar-refractivity contribution is 8.07. The summed E-state index contributed by atoms with van der Waals surface area (Å²) in [5.41, 5.74) is 10.0. The fourth-order valence-electron chi connectivity index (χ4n) is 3.43. The number of amides is 1. The van der Waals surface area contributed by atoms with Crippen molar-refractivity contribution in [3.63, 3.8) is 0 Å². The first kappa shape index (κ1) is 20.8. The molecular weight excluding hydrogens is 398 g/mol. The molecule has 0 bridgehead atoms. The number of hydrogen-bond donors (Lipinski definition) is 0. The average molecular weight is 417 g/mol. The summed E-state index contributed by atoms with van der Waals surface area (Å²) in [7, 11) is 0. The number of ether oxygens (including phenoxy) is 2. The van der Waals surface area contributed by atoms with Gasteiger partial charge in [-0.15, -0.1) is 4.79 Å². The lowest BCUT2D eigenvalue weighted by atomic mass is 9.90. The van der Waals surface area contributed by atoms with Gasteiger partial charge in [0.2, 0.25) is 11.3 Å². The molecule has 2 aliphatic heterocycles. The van der Waals surface area contributed by atoms with Gasteiger partial charge in [0.05, 0.1) is 11.2 Å². The molecule has 1 amide bonds. The van der Waals surface area contributed by atoms with Crippen LogP contribution in [-0.4, -0.2) is 48.6 Å². The quantitative estimate of drug-likeness (QED) is 0.232. The van der Waals surface area contributed by atoms with Crippen LogP contribution >= 0.6 is 0 Å². The lowest BCUT2D eigenvalue weighted by molar-refractivity contribution is -0.167. The van der Waals surface area contributed by atoms with E-state index in [2.05, 4.69) is 4.79 Å². The summed E-state index contributed by atoms with van der Waals surface area (Å²) < 4.78 is 23.2. The molecule has 0 saturated carbocycles. The van der Waals surface area contributed by atoms with Gasteiger partial charge in [0.15, 0.2) is 0 Å². The number of β-lactam (4-membered cyclic amide) rings is 1. The lowest BCUT2D eigenvalue weighted by Crippen LogP contribution is -2.70. The summed E-state index contributed by atoms with van der Waals surface area (Å²) in [6.07, 6.45) is -0.856. The van der Waals surface area contributed by atoms with Gasteiger partial charge in [-0.1, -0.05) is 30.3 Å². The number of esters is 2. The Morgan fingerprint density at radius 3 is 2.59 bits per heavy atom. The van der Waals surface area contributed by atoms with Gasteiger partial charge in [-0.2, -0.15) is 0 Å². The normalized spacial score (nSPS) is 24.3. The van der Waals surface area contributed by atoms with Crippen molar-refractivity contribution < 1.29 is 33.2 Å². The second-order valence-corrected chi connectivity index (χ2v) is 8.14. The molecule has 3 rings (SSSR count). The number of rotatable bonds is 5. The van der Waals surface area contributed by atoms with Crippen molar-refractivity contribution in [2.24, 2.45) is 5.92 Å². The minimum Gasteiger partial charge on any atom is -0.604 e. The number of carbonyl (C=O) groups is 3. The van der Waals surface area contributed by atoms with Crippen LogP contribution in [0.4, 0.5) is 0 Å². The largest absolute Gasteiger partial charge is 0.604 e. The molecule has 1 aromatic carbocycles. The number of hydrogen-bond acceptors (Lipinski definition) is 6. The third-order valence-corrected chi connectivity index (χ3v) is 6.48. The van der Waals surface area contributed by atoms with Gasteiger partial charge in [0.25, 0.3) is 0 Å². The van der Waals surface area contributed by atoms with Gasteiger partial charge in [0.1, 0.15) is 29.9 Å². The molecule has 29 heavy (non-hydrogen) atoms. The van der Waals surface area contributed by atoms with Crippen molar-refractivity contribution in [1.82, 2.24) is 4.90 Å². The summed E-state index contributed by atoms with van der Waals surface area (Å²) in [6, 6.07) is 8.97. The van der Waals surface area contributed by atoms with Gasteiger partial charge < -0.3 is 19.6 Å². The topological polar surface area (TPSA) is 132 Å². The average Bonchev–Trinajstić information content (AvgIpc) is 2.67. The van der Waals surface area contributed by atoms with E-state index in [1.807, 2.05) is 6.07 Å². The highest BCUT2D eigenvalue weighted by Gasteiger charge is 2.66. The predicted octanol–water partition coefficient (Wildman–Crippen LogP) is 1.13. The third-order valence-electron chi connectivity index (χ3n) is 4.77. The molecular formula is C19H19N3O6S. The Labute approximate surface area is 170 Å². The predicted molar refractivity (Wildman–Crippen MR) is 101 cm³/mol. The van der Waals surface area contributed by atoms with E-state index < -0.39 is 46.4 Å². The van der Waals surface area contributed by atoms with Gasteiger partial charge >= 0.3 is 17.0 Å². The minimum absolute atomic E-state index is 0.0227. The van der Waals surface area contributed by atoms with Crippen molar-refractivity contribution >= 4 is 34.1 Å². The number of fused-ring (bicyclic) bond motifs is 1. The van der Waals surface area contributed by atoms with E-state index in [4.69, 9.17) is 9.47 Å². The third kappa shape index (κ3) is 3.69. The van der Waals surface area contributed by atoms with Crippen LogP contribution < -0.4 is 0 Å². The molecule has 1 aromatic rings. The zero-order valence-corrected chi connectivity index (χ0v) is 16.8. The van der Waals surface area contributed by atoms with Crippen molar-refractivity contribution in [1.29, 1.82) is 0 Å². The summed E-state index contributed by atoms with van der Waals surface area (Å²) in [5.74, 6) is -2.83. The van der Waals surface area contributed by atoms with Crippen LogP contribution in [0.25, 0.3) is 5.53 Å². The number of carbonyl (C=O) groups excluding carboxylic acids is 3. The Hall–Kier alpha value is -2.94. The Balaban J connectivity index is 1.89. The van der Waals surface area contributed by atoms with Gasteiger partial charge in [-0.25, -0.2) is 4.79 Å². The second kappa shape index (κ2) is 8.20. The molecule has 2 heterocycles. The molecule has 10 heteroatoms. The second-order valence-electron chi connectivity index (χ2n) is 6.68. The molecule has 0 aliphatic carbocycles. The zero-order valence-electron chi connectivity index (χ0n) is 16.0. The molecule has 2 aliphatic rings. The Morgan fingerprint density at radius 1 is 1.34 bits per heavy atom. The van der Waals surface area contributed by atoms with E-state index >= 15 is 0 Å². The van der Waals surface area contributed by atoms with E-state index in [1.54, 1.807) is 24.3 Å². The molecule has 4 atom stereocenters. The van der Waals surface area contributed by atoms with Crippen LogP contribution in [0.2, 0.25) is 0 Å². The molecule has 1 fully saturated rings. The van der Waals surface area contributed by atoms with Crippen molar-refractivity contribution in [3.8, 4) is 0 Å². The van der Waals surface area contributed by atoms with Crippen molar-refractivity contribution in [3.05, 3.63) is 52.7 Å². The first-order valence-corrected chi connectivity index (χ1v) is 10.0. The van der Waals surface area contributed by atoms with Crippen molar-refractivity contribution in [2.45, 2.75) is 38.9 Å². The molecule has 0 radical (unpaired) electrons. The van der Waals surface area contributed by atoms with E-state index in [0.29, 0.717) is 0 Å². The smallest absolute Gasteiger partial charge is 0.490 e. The standard InChI is InChI=1S/C19H19N3O6S/c1-10-15(19(25)27-9-13-7-5-4-6-8-13)22-17(24)14(11(2)28-12(3)23)18(22)29(26)16(10)21-20/h4-8,11,14,18H,9H2,1-3H3/t11?,14-,18-,29-/m0/s1. The van der Waals surface area contributed by atoms with Gasteiger partial charge in [0, 0.05) is 6.92 Å². The Bertz CT molecular complexity index is 941. The van der Waals surface area contributed by atoms with Crippen LogP contribution in [0.3, 0.4) is 0 Å². The van der Waals surface area contributed by atoms with E-state index in [0.717, 1.165) is 10.5 Å². The summed E-state index contributed by atoms with van der Waals surface area (Å²) in [6.45, 7) is 4.11. The first-order valence-electron chi connectivity index (χ1n) is 8.83. The van der Waals surface area contributed by atoms with Gasteiger partial charge in [-0.3, -0.25) is 14.5 Å².